The first kappa shape index (κ1) is 15.7. The second-order valence-corrected chi connectivity index (χ2v) is 6.61. The molecule has 0 radical (unpaired) electrons. The minimum absolute atomic E-state index is 0.639. The zero-order valence-electron chi connectivity index (χ0n) is 12.6. The monoisotopic (exact) mass is 289 g/mol. The van der Waals surface area contributed by atoms with E-state index < -0.39 is 0 Å². The Kier molecular flexibility index (Phi) is 6.68. The van der Waals surface area contributed by atoms with Crippen LogP contribution in [0, 0.1) is 0 Å². The van der Waals surface area contributed by atoms with E-state index in [1.165, 1.54) is 36.3 Å². The largest absolute Gasteiger partial charge is 0.314 e. The number of hydrogen-bond donors (Lipinski definition) is 1. The molecular weight excluding hydrogens is 262 g/mol. The van der Waals surface area contributed by atoms with Crippen LogP contribution in [0.5, 0.6) is 0 Å². The summed E-state index contributed by atoms with van der Waals surface area (Å²) in [5.74, 6) is 1.93. The van der Waals surface area contributed by atoms with Gasteiger partial charge in [0.25, 0.3) is 0 Å². The van der Waals surface area contributed by atoms with Crippen LogP contribution >= 0.6 is 11.8 Å². The van der Waals surface area contributed by atoms with Crippen molar-refractivity contribution in [1.82, 2.24) is 5.32 Å². The van der Waals surface area contributed by atoms with Gasteiger partial charge in [-0.3, -0.25) is 0 Å². The topological polar surface area (TPSA) is 12.0 Å². The predicted molar refractivity (Wildman–Crippen MR) is 90.7 cm³/mol. The molecule has 110 valence electrons. The Labute approximate surface area is 128 Å². The average molecular weight is 289 g/mol. The summed E-state index contributed by atoms with van der Waals surface area (Å²) in [6.45, 7) is 7.09. The average Bonchev–Trinajstić information content (AvgIpc) is 2.90. The molecule has 0 spiro atoms. The Morgan fingerprint density at radius 1 is 1.35 bits per heavy atom. The van der Waals surface area contributed by atoms with Crippen LogP contribution in [0.3, 0.4) is 0 Å². The van der Waals surface area contributed by atoms with Crippen LogP contribution in [-0.4, -0.2) is 18.3 Å². The van der Waals surface area contributed by atoms with Crippen molar-refractivity contribution >= 4 is 11.8 Å². The van der Waals surface area contributed by atoms with E-state index >= 15 is 0 Å². The van der Waals surface area contributed by atoms with E-state index in [1.807, 2.05) is 17.8 Å². The van der Waals surface area contributed by atoms with Gasteiger partial charge in [-0.15, -0.1) is 18.3 Å². The predicted octanol–water partition coefficient (Wildman–Crippen LogP) is 4.99. The Bertz CT molecular complexity index is 416. The Morgan fingerprint density at radius 2 is 2.20 bits per heavy atom. The molecule has 1 aliphatic rings. The minimum Gasteiger partial charge on any atom is -0.314 e. The maximum atomic E-state index is 3.80. The third kappa shape index (κ3) is 4.13. The molecular formula is C18H27NS. The normalized spacial score (nSPS) is 18.8. The first-order valence-corrected chi connectivity index (χ1v) is 8.91. The summed E-state index contributed by atoms with van der Waals surface area (Å²) in [7, 11) is 0. The molecule has 2 atom stereocenters. The van der Waals surface area contributed by atoms with E-state index in [9.17, 15) is 0 Å². The van der Waals surface area contributed by atoms with E-state index in [0.717, 1.165) is 13.0 Å². The summed E-state index contributed by atoms with van der Waals surface area (Å²) in [6.07, 6.45) is 8.44. The van der Waals surface area contributed by atoms with Gasteiger partial charge in [-0.25, -0.2) is 0 Å². The second kappa shape index (κ2) is 8.53. The SMILES string of the molecule is C=CCCCCCC(NCC)C1CSc2ccccc21. The standard InChI is InChI=1S/C18H27NS/c1-3-5-6-7-8-12-17(19-4-2)16-14-20-18-13-10-9-11-15(16)18/h3,9-11,13,16-17,19H,1,4-8,12,14H2,2H3. The van der Waals surface area contributed by atoms with Gasteiger partial charge in [0.2, 0.25) is 0 Å². The van der Waals surface area contributed by atoms with Crippen molar-refractivity contribution in [2.45, 2.75) is 55.9 Å². The Morgan fingerprint density at radius 3 is 3.00 bits per heavy atom. The molecule has 0 saturated heterocycles. The van der Waals surface area contributed by atoms with Crippen molar-refractivity contribution in [1.29, 1.82) is 0 Å². The maximum absolute atomic E-state index is 3.80. The van der Waals surface area contributed by atoms with Crippen molar-refractivity contribution in [3.05, 3.63) is 42.5 Å². The number of fused-ring (bicyclic) bond motifs is 1. The van der Waals surface area contributed by atoms with Crippen LogP contribution < -0.4 is 5.32 Å². The highest BCUT2D eigenvalue weighted by atomic mass is 32.2. The molecule has 0 aromatic heterocycles. The number of allylic oxidation sites excluding steroid dienone is 1. The van der Waals surface area contributed by atoms with E-state index in [4.69, 9.17) is 0 Å². The van der Waals surface area contributed by atoms with Gasteiger partial charge in [-0.05, 0) is 37.4 Å². The summed E-state index contributed by atoms with van der Waals surface area (Å²) in [6, 6.07) is 9.57. The van der Waals surface area contributed by atoms with Crippen LogP contribution in [0.4, 0.5) is 0 Å². The second-order valence-electron chi connectivity index (χ2n) is 5.55. The van der Waals surface area contributed by atoms with Gasteiger partial charge in [-0.2, -0.15) is 0 Å². The van der Waals surface area contributed by atoms with Gasteiger partial charge in [0.15, 0.2) is 0 Å². The number of unbranched alkanes of at least 4 members (excludes halogenated alkanes) is 3. The number of hydrogen-bond acceptors (Lipinski definition) is 2. The van der Waals surface area contributed by atoms with Gasteiger partial charge in [0, 0.05) is 22.6 Å². The highest BCUT2D eigenvalue weighted by molar-refractivity contribution is 7.99. The van der Waals surface area contributed by atoms with Gasteiger partial charge < -0.3 is 5.32 Å². The smallest absolute Gasteiger partial charge is 0.0144 e. The van der Waals surface area contributed by atoms with Crippen molar-refractivity contribution < 1.29 is 0 Å². The number of likely N-dealkylation sites (N-methyl/N-ethyl adjacent to an activating group) is 1. The lowest BCUT2D eigenvalue weighted by molar-refractivity contribution is 0.420. The molecule has 2 rings (SSSR count). The minimum atomic E-state index is 0.639. The third-order valence-electron chi connectivity index (χ3n) is 4.11. The first-order valence-electron chi connectivity index (χ1n) is 7.92. The lowest BCUT2D eigenvalue weighted by Crippen LogP contribution is -2.35. The number of benzene rings is 1. The lowest BCUT2D eigenvalue weighted by atomic mass is 9.89. The molecule has 1 N–H and O–H groups in total. The molecule has 20 heavy (non-hydrogen) atoms. The van der Waals surface area contributed by atoms with Crippen LogP contribution in [0.2, 0.25) is 0 Å². The van der Waals surface area contributed by atoms with Gasteiger partial charge >= 0.3 is 0 Å². The first-order chi connectivity index (χ1) is 9.86. The fraction of sp³-hybridized carbons (Fsp3) is 0.556. The van der Waals surface area contributed by atoms with Gasteiger partial charge in [0.1, 0.15) is 0 Å². The molecule has 1 heterocycles. The Hall–Kier alpha value is -0.730. The molecule has 1 aromatic rings. The fourth-order valence-corrected chi connectivity index (χ4v) is 4.39. The summed E-state index contributed by atoms with van der Waals surface area (Å²) < 4.78 is 0. The van der Waals surface area contributed by atoms with E-state index in [1.54, 1.807) is 5.56 Å². The number of rotatable bonds is 9. The summed E-state index contributed by atoms with van der Waals surface area (Å²) in [5, 5.41) is 3.72. The molecule has 0 saturated carbocycles. The zero-order valence-corrected chi connectivity index (χ0v) is 13.4. The molecule has 0 bridgehead atoms. The maximum Gasteiger partial charge on any atom is 0.0144 e. The van der Waals surface area contributed by atoms with E-state index in [2.05, 4.69) is 43.1 Å². The molecule has 2 unspecified atom stereocenters. The molecule has 0 fully saturated rings. The van der Waals surface area contributed by atoms with Crippen molar-refractivity contribution in [2.24, 2.45) is 0 Å². The molecule has 0 aliphatic carbocycles. The van der Waals surface area contributed by atoms with Gasteiger partial charge in [-0.1, -0.05) is 44.0 Å². The zero-order chi connectivity index (χ0) is 14.2. The highest BCUT2D eigenvalue weighted by Crippen LogP contribution is 2.41. The summed E-state index contributed by atoms with van der Waals surface area (Å²) in [4.78, 5) is 1.49. The summed E-state index contributed by atoms with van der Waals surface area (Å²) in [5.41, 5.74) is 1.56. The van der Waals surface area contributed by atoms with Gasteiger partial charge in [0.05, 0.1) is 0 Å². The lowest BCUT2D eigenvalue weighted by Gasteiger charge is -2.25. The van der Waals surface area contributed by atoms with E-state index in [-0.39, 0.29) is 0 Å². The molecule has 1 nitrogen and oxygen atoms in total. The molecule has 1 aliphatic heterocycles. The van der Waals surface area contributed by atoms with Crippen LogP contribution in [0.15, 0.2) is 41.8 Å². The van der Waals surface area contributed by atoms with E-state index in [0.29, 0.717) is 12.0 Å². The molecule has 0 amide bonds. The molecule has 2 heteroatoms. The molecule has 1 aromatic carbocycles. The Balaban J connectivity index is 1.90. The van der Waals surface area contributed by atoms with Crippen LogP contribution in [0.1, 0.15) is 50.5 Å². The summed E-state index contributed by atoms with van der Waals surface area (Å²) >= 11 is 2.02. The number of nitrogens with one attached hydrogen (secondary N) is 1. The third-order valence-corrected chi connectivity index (χ3v) is 5.32. The van der Waals surface area contributed by atoms with Crippen LogP contribution in [0.25, 0.3) is 0 Å². The van der Waals surface area contributed by atoms with Crippen molar-refractivity contribution in [3.8, 4) is 0 Å². The quantitative estimate of drug-likeness (QED) is 0.507. The van der Waals surface area contributed by atoms with Crippen molar-refractivity contribution in [3.63, 3.8) is 0 Å². The van der Waals surface area contributed by atoms with Crippen molar-refractivity contribution in [2.75, 3.05) is 12.3 Å². The number of thioether (sulfide) groups is 1. The fourth-order valence-electron chi connectivity index (χ4n) is 3.06. The highest BCUT2D eigenvalue weighted by Gasteiger charge is 2.29. The van der Waals surface area contributed by atoms with Crippen LogP contribution in [-0.2, 0) is 0 Å².